The van der Waals surface area contributed by atoms with Crippen molar-refractivity contribution >= 4 is 5.91 Å². The average molecular weight is 195 g/mol. The van der Waals surface area contributed by atoms with Gasteiger partial charge < -0.3 is 15.2 Å². The first kappa shape index (κ1) is 10.8. The molecule has 0 fully saturated rings. The minimum Gasteiger partial charge on any atom is -0.367 e. The number of hydrogen-bond acceptors (Lipinski definition) is 2. The lowest BCUT2D eigenvalue weighted by Crippen LogP contribution is -2.35. The van der Waals surface area contributed by atoms with E-state index in [1.54, 1.807) is 11.9 Å². The highest BCUT2D eigenvalue weighted by Crippen LogP contribution is 1.94. The molecule has 0 unspecified atom stereocenters. The van der Waals surface area contributed by atoms with Crippen LogP contribution in [0.1, 0.15) is 12.5 Å². The van der Waals surface area contributed by atoms with Gasteiger partial charge in [-0.3, -0.25) is 4.79 Å². The lowest BCUT2D eigenvalue weighted by Gasteiger charge is -2.14. The summed E-state index contributed by atoms with van der Waals surface area (Å²) in [5.41, 5.74) is 1.16. The molecule has 0 aliphatic heterocycles. The maximum Gasteiger partial charge on any atom is 0.236 e. The minimum atomic E-state index is 0.128. The van der Waals surface area contributed by atoms with Crippen LogP contribution >= 0.6 is 0 Å². The Morgan fingerprint density at radius 2 is 2.43 bits per heavy atom. The van der Waals surface area contributed by atoms with Gasteiger partial charge in [-0.25, -0.2) is 0 Å². The van der Waals surface area contributed by atoms with Crippen LogP contribution in [0.15, 0.2) is 18.5 Å². The number of likely N-dealkylation sites (N-methyl/N-ethyl adjacent to an activating group) is 1. The summed E-state index contributed by atoms with van der Waals surface area (Å²) in [4.78, 5) is 16.0. The zero-order valence-corrected chi connectivity index (χ0v) is 8.71. The fourth-order valence-electron chi connectivity index (χ4n) is 1.09. The van der Waals surface area contributed by atoms with Crippen molar-refractivity contribution < 1.29 is 4.79 Å². The zero-order chi connectivity index (χ0) is 10.4. The number of nitrogens with zero attached hydrogens (tertiary/aromatic N) is 1. The van der Waals surface area contributed by atoms with Gasteiger partial charge in [0, 0.05) is 32.5 Å². The van der Waals surface area contributed by atoms with E-state index in [1.165, 1.54) is 0 Å². The van der Waals surface area contributed by atoms with E-state index in [0.717, 1.165) is 18.7 Å². The van der Waals surface area contributed by atoms with Gasteiger partial charge in [0.15, 0.2) is 0 Å². The van der Waals surface area contributed by atoms with Crippen LogP contribution in [-0.2, 0) is 11.3 Å². The first-order valence-corrected chi connectivity index (χ1v) is 4.80. The first-order chi connectivity index (χ1) is 6.74. The maximum absolute atomic E-state index is 11.4. The van der Waals surface area contributed by atoms with Crippen molar-refractivity contribution in [3.8, 4) is 0 Å². The molecule has 4 nitrogen and oxygen atoms in total. The normalized spacial score (nSPS) is 10.1. The summed E-state index contributed by atoms with van der Waals surface area (Å²) < 4.78 is 0. The molecule has 0 atom stereocenters. The van der Waals surface area contributed by atoms with E-state index in [-0.39, 0.29) is 5.91 Å². The van der Waals surface area contributed by atoms with Crippen LogP contribution in [0.5, 0.6) is 0 Å². The minimum absolute atomic E-state index is 0.128. The summed E-state index contributed by atoms with van der Waals surface area (Å²) in [7, 11) is 1.81. The van der Waals surface area contributed by atoms with Crippen molar-refractivity contribution in [2.24, 2.45) is 0 Å². The molecule has 14 heavy (non-hydrogen) atoms. The third-order valence-corrected chi connectivity index (χ3v) is 2.17. The average Bonchev–Trinajstić information content (AvgIpc) is 2.69. The van der Waals surface area contributed by atoms with Crippen molar-refractivity contribution in [3.05, 3.63) is 24.0 Å². The van der Waals surface area contributed by atoms with Crippen LogP contribution in [0.2, 0.25) is 0 Å². The highest BCUT2D eigenvalue weighted by atomic mass is 16.2. The molecule has 0 spiro atoms. The smallest absolute Gasteiger partial charge is 0.236 e. The van der Waals surface area contributed by atoms with Crippen molar-refractivity contribution in [1.29, 1.82) is 0 Å². The summed E-state index contributed by atoms with van der Waals surface area (Å²) >= 11 is 0. The Morgan fingerprint density at radius 1 is 1.64 bits per heavy atom. The van der Waals surface area contributed by atoms with Crippen LogP contribution in [-0.4, -0.2) is 35.9 Å². The summed E-state index contributed by atoms with van der Waals surface area (Å²) in [6, 6.07) is 1.99. The molecule has 78 valence electrons. The maximum atomic E-state index is 11.4. The lowest BCUT2D eigenvalue weighted by atomic mass is 10.3. The fraction of sp³-hybridized carbons (Fsp3) is 0.500. The molecule has 4 heteroatoms. The Kier molecular flexibility index (Phi) is 4.19. The van der Waals surface area contributed by atoms with Crippen molar-refractivity contribution in [1.82, 2.24) is 15.2 Å². The third kappa shape index (κ3) is 3.22. The van der Waals surface area contributed by atoms with Gasteiger partial charge in [-0.05, 0) is 18.6 Å². The van der Waals surface area contributed by atoms with E-state index in [4.69, 9.17) is 0 Å². The second-order valence-corrected chi connectivity index (χ2v) is 3.23. The molecule has 0 saturated carbocycles. The molecule has 1 rings (SSSR count). The van der Waals surface area contributed by atoms with Gasteiger partial charge in [0.05, 0.1) is 6.54 Å². The first-order valence-electron chi connectivity index (χ1n) is 4.80. The Balaban J connectivity index is 2.18. The van der Waals surface area contributed by atoms with Crippen LogP contribution < -0.4 is 5.32 Å². The van der Waals surface area contributed by atoms with Crippen molar-refractivity contribution in [3.63, 3.8) is 0 Å². The summed E-state index contributed by atoms with van der Waals surface area (Å²) in [6.07, 6.45) is 3.79. The van der Waals surface area contributed by atoms with E-state index >= 15 is 0 Å². The van der Waals surface area contributed by atoms with Gasteiger partial charge in [0.1, 0.15) is 0 Å². The number of aromatic nitrogens is 1. The van der Waals surface area contributed by atoms with E-state index in [9.17, 15) is 4.79 Å². The summed E-state index contributed by atoms with van der Waals surface area (Å²) in [5.74, 6) is 0.128. The van der Waals surface area contributed by atoms with E-state index in [2.05, 4.69) is 10.3 Å². The standard InChI is InChI=1S/C10H17N3O/c1-3-13(2)10(14)8-12-7-9-4-5-11-6-9/h4-6,11-12H,3,7-8H2,1-2H3. The van der Waals surface area contributed by atoms with Gasteiger partial charge in [0.2, 0.25) is 5.91 Å². The molecular formula is C10H17N3O. The molecule has 2 N–H and O–H groups in total. The summed E-state index contributed by atoms with van der Waals surface area (Å²) in [6.45, 7) is 3.84. The Morgan fingerprint density at radius 3 is 3.00 bits per heavy atom. The van der Waals surface area contributed by atoms with Crippen LogP contribution in [0, 0.1) is 0 Å². The van der Waals surface area contributed by atoms with E-state index in [1.807, 2.05) is 25.4 Å². The molecule has 0 aromatic carbocycles. The highest BCUT2D eigenvalue weighted by molar-refractivity contribution is 5.77. The number of H-pyrrole nitrogens is 1. The largest absolute Gasteiger partial charge is 0.367 e. The number of amides is 1. The lowest BCUT2D eigenvalue weighted by molar-refractivity contribution is -0.128. The molecule has 0 aliphatic carbocycles. The Hall–Kier alpha value is -1.29. The van der Waals surface area contributed by atoms with Gasteiger partial charge in [-0.2, -0.15) is 0 Å². The molecular weight excluding hydrogens is 178 g/mol. The van der Waals surface area contributed by atoms with Crippen molar-refractivity contribution in [2.45, 2.75) is 13.5 Å². The van der Waals surface area contributed by atoms with Crippen LogP contribution in [0.3, 0.4) is 0 Å². The molecule has 1 aromatic rings. The molecule has 0 radical (unpaired) electrons. The number of nitrogens with one attached hydrogen (secondary N) is 2. The predicted molar refractivity (Wildman–Crippen MR) is 55.8 cm³/mol. The van der Waals surface area contributed by atoms with E-state index in [0.29, 0.717) is 6.54 Å². The molecule has 1 aromatic heterocycles. The van der Waals surface area contributed by atoms with E-state index < -0.39 is 0 Å². The third-order valence-electron chi connectivity index (χ3n) is 2.17. The molecule has 0 aliphatic rings. The molecule has 0 bridgehead atoms. The topological polar surface area (TPSA) is 48.1 Å². The molecule has 1 amide bonds. The van der Waals surface area contributed by atoms with Gasteiger partial charge in [-0.15, -0.1) is 0 Å². The Bertz CT molecular complexity index is 269. The predicted octanol–water partition coefficient (Wildman–Crippen LogP) is 0.583. The van der Waals surface area contributed by atoms with Crippen LogP contribution in [0.4, 0.5) is 0 Å². The highest BCUT2D eigenvalue weighted by Gasteiger charge is 2.04. The number of carbonyl (C=O) groups is 1. The van der Waals surface area contributed by atoms with Crippen molar-refractivity contribution in [2.75, 3.05) is 20.1 Å². The SMILES string of the molecule is CCN(C)C(=O)CNCc1cc[nH]c1. The second kappa shape index (κ2) is 5.44. The number of aromatic amines is 1. The number of carbonyl (C=O) groups excluding carboxylic acids is 1. The van der Waals surface area contributed by atoms with Gasteiger partial charge in [-0.1, -0.05) is 0 Å². The summed E-state index contributed by atoms with van der Waals surface area (Å²) in [5, 5.41) is 3.09. The monoisotopic (exact) mass is 195 g/mol. The molecule has 1 heterocycles. The number of hydrogen-bond donors (Lipinski definition) is 2. The number of rotatable bonds is 5. The molecule has 0 saturated heterocycles. The fourth-order valence-corrected chi connectivity index (χ4v) is 1.09. The van der Waals surface area contributed by atoms with Crippen LogP contribution in [0.25, 0.3) is 0 Å². The quantitative estimate of drug-likeness (QED) is 0.722. The second-order valence-electron chi connectivity index (χ2n) is 3.23. The Labute approximate surface area is 84.3 Å². The van der Waals surface area contributed by atoms with Gasteiger partial charge in [0.25, 0.3) is 0 Å². The van der Waals surface area contributed by atoms with Gasteiger partial charge >= 0.3 is 0 Å². The zero-order valence-electron chi connectivity index (χ0n) is 8.71.